The Hall–Kier alpha value is -0.570. The predicted molar refractivity (Wildman–Crippen MR) is 83.9 cm³/mol. The molecule has 0 aromatic carbocycles. The molecule has 21 heavy (non-hydrogen) atoms. The molecule has 0 spiro atoms. The SMILES string of the molecule is C[C@H](NC(=O)[C@H]1CCCCN1)C12CC3CC(CC(C3)C1)C2. The van der Waals surface area contributed by atoms with E-state index in [1.54, 1.807) is 0 Å². The maximum Gasteiger partial charge on any atom is 0.237 e. The summed E-state index contributed by atoms with van der Waals surface area (Å²) in [7, 11) is 0. The average molecular weight is 290 g/mol. The molecule has 4 saturated carbocycles. The average Bonchev–Trinajstić information content (AvgIpc) is 2.46. The van der Waals surface area contributed by atoms with Crippen LogP contribution < -0.4 is 10.6 Å². The fraction of sp³-hybridized carbons (Fsp3) is 0.944. The van der Waals surface area contributed by atoms with Crippen molar-refractivity contribution < 1.29 is 4.79 Å². The zero-order chi connectivity index (χ0) is 14.4. The second-order valence-electron chi connectivity index (χ2n) is 8.51. The van der Waals surface area contributed by atoms with E-state index in [4.69, 9.17) is 0 Å². The van der Waals surface area contributed by atoms with Crippen molar-refractivity contribution in [3.8, 4) is 0 Å². The molecule has 2 atom stereocenters. The molecule has 118 valence electrons. The molecule has 3 heteroatoms. The normalized spacial score (nSPS) is 46.3. The van der Waals surface area contributed by atoms with Crippen LogP contribution in [0.2, 0.25) is 0 Å². The lowest BCUT2D eigenvalue weighted by atomic mass is 9.48. The molecule has 3 nitrogen and oxygen atoms in total. The number of piperidine rings is 1. The number of carbonyl (C=O) groups excluding carboxylic acids is 1. The number of hydrogen-bond donors (Lipinski definition) is 2. The van der Waals surface area contributed by atoms with Crippen LogP contribution in [0.15, 0.2) is 0 Å². The molecule has 0 aromatic heterocycles. The van der Waals surface area contributed by atoms with E-state index in [1.807, 2.05) is 0 Å². The van der Waals surface area contributed by atoms with Gasteiger partial charge in [0.25, 0.3) is 0 Å². The van der Waals surface area contributed by atoms with Gasteiger partial charge >= 0.3 is 0 Å². The molecule has 1 aliphatic heterocycles. The van der Waals surface area contributed by atoms with E-state index in [0.717, 1.165) is 30.7 Å². The van der Waals surface area contributed by atoms with E-state index in [9.17, 15) is 4.79 Å². The molecule has 2 N–H and O–H groups in total. The molecule has 0 aromatic rings. The van der Waals surface area contributed by atoms with Gasteiger partial charge in [0.2, 0.25) is 5.91 Å². The van der Waals surface area contributed by atoms with Gasteiger partial charge < -0.3 is 10.6 Å². The van der Waals surface area contributed by atoms with Crippen molar-refractivity contribution in [3.63, 3.8) is 0 Å². The zero-order valence-corrected chi connectivity index (χ0v) is 13.4. The third-order valence-corrected chi connectivity index (χ3v) is 6.99. The molecule has 4 aliphatic carbocycles. The second kappa shape index (κ2) is 5.26. The summed E-state index contributed by atoms with van der Waals surface area (Å²) in [4.78, 5) is 12.5. The van der Waals surface area contributed by atoms with Gasteiger partial charge in [-0.15, -0.1) is 0 Å². The molecule has 0 unspecified atom stereocenters. The van der Waals surface area contributed by atoms with Crippen LogP contribution in [-0.2, 0) is 4.79 Å². The molecule has 1 heterocycles. The van der Waals surface area contributed by atoms with Crippen molar-refractivity contribution in [1.29, 1.82) is 0 Å². The molecular formula is C18H30N2O. The first kappa shape index (κ1) is 14.0. The van der Waals surface area contributed by atoms with E-state index in [-0.39, 0.29) is 11.9 Å². The summed E-state index contributed by atoms with van der Waals surface area (Å²) in [5.74, 6) is 3.15. The Kier molecular flexibility index (Phi) is 3.52. The first-order valence-corrected chi connectivity index (χ1v) is 9.18. The quantitative estimate of drug-likeness (QED) is 0.839. The summed E-state index contributed by atoms with van der Waals surface area (Å²) in [6.45, 7) is 3.29. The largest absolute Gasteiger partial charge is 0.352 e. The van der Waals surface area contributed by atoms with Gasteiger partial charge in [-0.1, -0.05) is 6.42 Å². The Labute approximate surface area is 128 Å². The first-order valence-electron chi connectivity index (χ1n) is 9.18. The first-order chi connectivity index (χ1) is 10.1. The summed E-state index contributed by atoms with van der Waals surface area (Å²) < 4.78 is 0. The Morgan fingerprint density at radius 3 is 2.24 bits per heavy atom. The lowest BCUT2D eigenvalue weighted by Gasteiger charge is -2.59. The van der Waals surface area contributed by atoms with Crippen LogP contribution in [0, 0.1) is 23.2 Å². The van der Waals surface area contributed by atoms with Gasteiger partial charge in [-0.05, 0) is 88.0 Å². The van der Waals surface area contributed by atoms with Crippen LogP contribution in [-0.4, -0.2) is 24.5 Å². The van der Waals surface area contributed by atoms with E-state index in [1.165, 1.54) is 51.4 Å². The van der Waals surface area contributed by atoms with Crippen molar-refractivity contribution in [2.75, 3.05) is 6.54 Å². The second-order valence-corrected chi connectivity index (χ2v) is 8.51. The lowest BCUT2D eigenvalue weighted by Crippen LogP contribution is -2.58. The molecule has 5 rings (SSSR count). The van der Waals surface area contributed by atoms with Gasteiger partial charge in [0.1, 0.15) is 0 Å². The molecule has 1 amide bonds. The highest BCUT2D eigenvalue weighted by molar-refractivity contribution is 5.82. The van der Waals surface area contributed by atoms with Crippen molar-refractivity contribution in [2.45, 2.75) is 76.8 Å². The van der Waals surface area contributed by atoms with Crippen molar-refractivity contribution in [2.24, 2.45) is 23.2 Å². The highest BCUT2D eigenvalue weighted by Crippen LogP contribution is 2.61. The van der Waals surface area contributed by atoms with Gasteiger partial charge in [0.15, 0.2) is 0 Å². The van der Waals surface area contributed by atoms with Crippen LogP contribution in [0.1, 0.15) is 64.7 Å². The standard InChI is InChI=1S/C18H30N2O/c1-12(20-17(21)16-4-2-3-5-19-16)18-9-13-6-14(10-18)8-15(7-13)11-18/h12-16,19H,2-11H2,1H3,(H,20,21)/t12-,13?,14?,15?,16+,18?/m0/s1. The summed E-state index contributed by atoms with van der Waals surface area (Å²) in [6.07, 6.45) is 12.0. The Balaban J connectivity index is 1.42. The Bertz CT molecular complexity index is 378. The van der Waals surface area contributed by atoms with Gasteiger partial charge in [-0.25, -0.2) is 0 Å². The van der Waals surface area contributed by atoms with Crippen molar-refractivity contribution in [1.82, 2.24) is 10.6 Å². The van der Waals surface area contributed by atoms with E-state index in [2.05, 4.69) is 17.6 Å². The van der Waals surface area contributed by atoms with E-state index >= 15 is 0 Å². The third-order valence-electron chi connectivity index (χ3n) is 6.99. The minimum Gasteiger partial charge on any atom is -0.352 e. The minimum atomic E-state index is 0.0649. The minimum absolute atomic E-state index is 0.0649. The number of carbonyl (C=O) groups is 1. The van der Waals surface area contributed by atoms with Gasteiger partial charge in [-0.2, -0.15) is 0 Å². The van der Waals surface area contributed by atoms with Crippen LogP contribution in [0.25, 0.3) is 0 Å². The van der Waals surface area contributed by atoms with E-state index in [0.29, 0.717) is 11.5 Å². The molecule has 5 aliphatic rings. The summed E-state index contributed by atoms with van der Waals surface area (Å²) in [5, 5.41) is 6.79. The highest BCUT2D eigenvalue weighted by Gasteiger charge is 2.53. The van der Waals surface area contributed by atoms with E-state index < -0.39 is 0 Å². The summed E-state index contributed by atoms with van der Waals surface area (Å²) >= 11 is 0. The number of nitrogens with one attached hydrogen (secondary N) is 2. The van der Waals surface area contributed by atoms with Crippen LogP contribution in [0.3, 0.4) is 0 Å². The molecule has 1 saturated heterocycles. The van der Waals surface area contributed by atoms with Crippen molar-refractivity contribution >= 4 is 5.91 Å². The maximum atomic E-state index is 12.5. The fourth-order valence-corrected chi connectivity index (χ4v) is 6.25. The highest BCUT2D eigenvalue weighted by atomic mass is 16.2. The topological polar surface area (TPSA) is 41.1 Å². The molecular weight excluding hydrogens is 260 g/mol. The fourth-order valence-electron chi connectivity index (χ4n) is 6.25. The number of hydrogen-bond acceptors (Lipinski definition) is 2. The lowest BCUT2D eigenvalue weighted by molar-refractivity contribution is -0.128. The van der Waals surface area contributed by atoms with Gasteiger partial charge in [-0.3, -0.25) is 4.79 Å². The molecule has 0 radical (unpaired) electrons. The van der Waals surface area contributed by atoms with Gasteiger partial charge in [0, 0.05) is 6.04 Å². The zero-order valence-electron chi connectivity index (χ0n) is 13.4. The predicted octanol–water partition coefficient (Wildman–Crippen LogP) is 2.85. The monoisotopic (exact) mass is 290 g/mol. The van der Waals surface area contributed by atoms with Crippen LogP contribution in [0.4, 0.5) is 0 Å². The smallest absolute Gasteiger partial charge is 0.237 e. The van der Waals surface area contributed by atoms with Gasteiger partial charge in [0.05, 0.1) is 6.04 Å². The van der Waals surface area contributed by atoms with Crippen LogP contribution in [0.5, 0.6) is 0 Å². The Morgan fingerprint density at radius 1 is 1.10 bits per heavy atom. The molecule has 5 fully saturated rings. The third kappa shape index (κ3) is 2.52. The summed E-state index contributed by atoms with van der Waals surface area (Å²) in [6, 6.07) is 0.428. The number of rotatable bonds is 3. The van der Waals surface area contributed by atoms with Crippen LogP contribution >= 0.6 is 0 Å². The van der Waals surface area contributed by atoms with Crippen molar-refractivity contribution in [3.05, 3.63) is 0 Å². The number of amides is 1. The Morgan fingerprint density at radius 2 is 1.71 bits per heavy atom. The molecule has 4 bridgehead atoms. The maximum absolute atomic E-state index is 12.5. The summed E-state index contributed by atoms with van der Waals surface area (Å²) in [5.41, 5.74) is 0.430.